The van der Waals surface area contributed by atoms with Crippen molar-refractivity contribution in [1.29, 1.82) is 0 Å². The topological polar surface area (TPSA) is 42.2 Å². The molecule has 1 aromatic heterocycles. The summed E-state index contributed by atoms with van der Waals surface area (Å²) in [5.74, 6) is -0.942. The fourth-order valence-corrected chi connectivity index (χ4v) is 2.23. The minimum atomic E-state index is -0.567. The number of nitrogens with zero attached hydrogens (tertiary/aromatic N) is 2. The van der Waals surface area contributed by atoms with Crippen molar-refractivity contribution >= 4 is 0 Å². The molecule has 0 amide bonds. The molecule has 0 fully saturated rings. The van der Waals surface area contributed by atoms with Crippen molar-refractivity contribution in [3.05, 3.63) is 65.5 Å². The highest BCUT2D eigenvalue weighted by Crippen LogP contribution is 2.18. The summed E-state index contributed by atoms with van der Waals surface area (Å²) < 4.78 is 27.0. The van der Waals surface area contributed by atoms with Crippen LogP contribution >= 0.6 is 0 Å². The van der Waals surface area contributed by atoms with Crippen LogP contribution in [0.25, 0.3) is 0 Å². The van der Waals surface area contributed by atoms with Gasteiger partial charge in [-0.3, -0.25) is 9.88 Å². The largest absolute Gasteiger partial charge is 0.323 e. The third kappa shape index (κ3) is 4.31. The van der Waals surface area contributed by atoms with Crippen LogP contribution in [0.2, 0.25) is 0 Å². The van der Waals surface area contributed by atoms with Crippen LogP contribution in [0.15, 0.2) is 42.7 Å². The molecule has 1 unspecified atom stereocenters. The van der Waals surface area contributed by atoms with Gasteiger partial charge < -0.3 is 5.73 Å². The fourth-order valence-electron chi connectivity index (χ4n) is 2.23. The molecule has 3 nitrogen and oxygen atoms in total. The summed E-state index contributed by atoms with van der Waals surface area (Å²) in [6.45, 7) is 3.94. The molecule has 2 N–H and O–H groups in total. The summed E-state index contributed by atoms with van der Waals surface area (Å²) in [4.78, 5) is 6.06. The SMILES string of the molecule is CCN(Cc1ccncc1)CC(N)c1cc(F)ccc1F. The van der Waals surface area contributed by atoms with Crippen molar-refractivity contribution in [2.75, 3.05) is 13.1 Å². The predicted octanol–water partition coefficient (Wildman–Crippen LogP) is 2.88. The van der Waals surface area contributed by atoms with Crippen LogP contribution < -0.4 is 5.73 Å². The van der Waals surface area contributed by atoms with Crippen molar-refractivity contribution in [1.82, 2.24) is 9.88 Å². The third-order valence-corrected chi connectivity index (χ3v) is 3.42. The fraction of sp³-hybridized carbons (Fsp3) is 0.312. The number of nitrogens with two attached hydrogens (primary N) is 1. The summed E-state index contributed by atoms with van der Waals surface area (Å²) >= 11 is 0. The zero-order valence-electron chi connectivity index (χ0n) is 12.0. The van der Waals surface area contributed by atoms with Crippen LogP contribution in [0.4, 0.5) is 8.78 Å². The second-order valence-corrected chi connectivity index (χ2v) is 4.96. The molecule has 0 saturated heterocycles. The van der Waals surface area contributed by atoms with E-state index in [-0.39, 0.29) is 5.56 Å². The Kier molecular flexibility index (Phi) is 5.36. The molecule has 5 heteroatoms. The first-order valence-electron chi connectivity index (χ1n) is 6.92. The lowest BCUT2D eigenvalue weighted by molar-refractivity contribution is 0.260. The van der Waals surface area contributed by atoms with Crippen LogP contribution in [-0.4, -0.2) is 23.0 Å². The van der Waals surface area contributed by atoms with E-state index < -0.39 is 17.7 Å². The van der Waals surface area contributed by atoms with Gasteiger partial charge in [-0.15, -0.1) is 0 Å². The summed E-state index contributed by atoms with van der Waals surface area (Å²) in [6.07, 6.45) is 3.46. The van der Waals surface area contributed by atoms with Crippen LogP contribution in [-0.2, 0) is 6.54 Å². The van der Waals surface area contributed by atoms with Crippen LogP contribution in [0, 0.1) is 11.6 Å². The average Bonchev–Trinajstić information content (AvgIpc) is 2.50. The molecule has 0 spiro atoms. The molecule has 112 valence electrons. The molecule has 1 aromatic carbocycles. The Hall–Kier alpha value is -1.85. The normalized spacial score (nSPS) is 12.6. The molecule has 2 aromatic rings. The molecule has 0 aliphatic heterocycles. The number of halogens is 2. The molecular formula is C16H19F2N3. The number of hydrogen-bond donors (Lipinski definition) is 1. The van der Waals surface area contributed by atoms with Crippen LogP contribution in [0.1, 0.15) is 24.1 Å². The zero-order chi connectivity index (χ0) is 15.2. The van der Waals surface area contributed by atoms with Gasteiger partial charge in [-0.2, -0.15) is 0 Å². The monoisotopic (exact) mass is 291 g/mol. The van der Waals surface area contributed by atoms with Crippen molar-refractivity contribution in [2.24, 2.45) is 5.73 Å². The van der Waals surface area contributed by atoms with Gasteiger partial charge in [0.2, 0.25) is 0 Å². The first-order chi connectivity index (χ1) is 10.1. The molecule has 0 aliphatic rings. The molecule has 21 heavy (non-hydrogen) atoms. The van der Waals surface area contributed by atoms with E-state index in [0.717, 1.165) is 24.2 Å². The lowest BCUT2D eigenvalue weighted by atomic mass is 10.1. The summed E-state index contributed by atoms with van der Waals surface area (Å²) in [6, 6.07) is 6.67. The van der Waals surface area contributed by atoms with Gasteiger partial charge in [0.1, 0.15) is 11.6 Å². The molecule has 0 radical (unpaired) electrons. The minimum Gasteiger partial charge on any atom is -0.323 e. The van der Waals surface area contributed by atoms with E-state index in [9.17, 15) is 8.78 Å². The number of hydrogen-bond acceptors (Lipinski definition) is 3. The number of pyridine rings is 1. The van der Waals surface area contributed by atoms with Crippen LogP contribution in [0.3, 0.4) is 0 Å². The van der Waals surface area contributed by atoms with E-state index >= 15 is 0 Å². The third-order valence-electron chi connectivity index (χ3n) is 3.42. The Labute approximate surface area is 123 Å². The molecule has 0 aliphatic carbocycles. The van der Waals surface area contributed by atoms with Gasteiger partial charge in [-0.05, 0) is 42.4 Å². The maximum Gasteiger partial charge on any atom is 0.128 e. The smallest absolute Gasteiger partial charge is 0.128 e. The standard InChI is InChI=1S/C16H19F2N3/c1-2-21(10-12-5-7-20-8-6-12)11-16(19)14-9-13(17)3-4-15(14)18/h3-9,16H,2,10-11,19H2,1H3. The number of aromatic nitrogens is 1. The second kappa shape index (κ2) is 7.24. The highest BCUT2D eigenvalue weighted by atomic mass is 19.1. The molecule has 2 rings (SSSR count). The first kappa shape index (κ1) is 15.5. The first-order valence-corrected chi connectivity index (χ1v) is 6.92. The Morgan fingerprint density at radius 2 is 1.90 bits per heavy atom. The Morgan fingerprint density at radius 1 is 1.19 bits per heavy atom. The van der Waals surface area contributed by atoms with Crippen molar-refractivity contribution < 1.29 is 8.78 Å². The quantitative estimate of drug-likeness (QED) is 0.890. The van der Waals surface area contributed by atoms with E-state index in [1.54, 1.807) is 12.4 Å². The Morgan fingerprint density at radius 3 is 2.57 bits per heavy atom. The Balaban J connectivity index is 2.05. The molecule has 0 saturated carbocycles. The summed E-state index contributed by atoms with van der Waals surface area (Å²) in [5, 5.41) is 0. The lowest BCUT2D eigenvalue weighted by Gasteiger charge is -2.24. The summed E-state index contributed by atoms with van der Waals surface area (Å²) in [5.41, 5.74) is 7.36. The van der Waals surface area contributed by atoms with E-state index in [4.69, 9.17) is 5.73 Å². The maximum atomic E-state index is 13.7. The van der Waals surface area contributed by atoms with Crippen LogP contribution in [0.5, 0.6) is 0 Å². The number of likely N-dealkylation sites (N-methyl/N-ethyl adjacent to an activating group) is 1. The van der Waals surface area contributed by atoms with Crippen molar-refractivity contribution in [2.45, 2.75) is 19.5 Å². The van der Waals surface area contributed by atoms with Crippen molar-refractivity contribution in [3.63, 3.8) is 0 Å². The zero-order valence-corrected chi connectivity index (χ0v) is 12.0. The van der Waals surface area contributed by atoms with Gasteiger partial charge in [0, 0.05) is 37.1 Å². The lowest BCUT2D eigenvalue weighted by Crippen LogP contribution is -2.32. The van der Waals surface area contributed by atoms with Gasteiger partial charge in [0.25, 0.3) is 0 Å². The number of rotatable bonds is 6. The van der Waals surface area contributed by atoms with Gasteiger partial charge in [0.05, 0.1) is 0 Å². The van der Waals surface area contributed by atoms with Gasteiger partial charge in [-0.1, -0.05) is 6.92 Å². The number of benzene rings is 1. The maximum absolute atomic E-state index is 13.7. The van der Waals surface area contributed by atoms with E-state index in [1.807, 2.05) is 19.1 Å². The average molecular weight is 291 g/mol. The van der Waals surface area contributed by atoms with Gasteiger partial charge in [-0.25, -0.2) is 8.78 Å². The van der Waals surface area contributed by atoms with E-state index in [0.29, 0.717) is 13.1 Å². The Bertz CT molecular complexity index is 575. The predicted molar refractivity (Wildman–Crippen MR) is 78.5 cm³/mol. The van der Waals surface area contributed by atoms with Gasteiger partial charge in [0.15, 0.2) is 0 Å². The van der Waals surface area contributed by atoms with E-state index in [1.165, 1.54) is 6.07 Å². The molecular weight excluding hydrogens is 272 g/mol. The van der Waals surface area contributed by atoms with Crippen molar-refractivity contribution in [3.8, 4) is 0 Å². The highest BCUT2D eigenvalue weighted by molar-refractivity contribution is 5.22. The highest BCUT2D eigenvalue weighted by Gasteiger charge is 2.16. The van der Waals surface area contributed by atoms with Gasteiger partial charge >= 0.3 is 0 Å². The minimum absolute atomic E-state index is 0.211. The second-order valence-electron chi connectivity index (χ2n) is 4.96. The molecule has 0 bridgehead atoms. The molecule has 1 atom stereocenters. The van der Waals surface area contributed by atoms with E-state index in [2.05, 4.69) is 9.88 Å². The molecule has 1 heterocycles. The summed E-state index contributed by atoms with van der Waals surface area (Å²) in [7, 11) is 0.